The zero-order valence-corrected chi connectivity index (χ0v) is 11.9. The molecule has 20 heavy (non-hydrogen) atoms. The maximum absolute atomic E-state index is 12.2. The molecule has 1 amide bonds. The molecule has 0 saturated carbocycles. The minimum atomic E-state index is -0.0821. The molecule has 0 aliphatic heterocycles. The molecule has 2 aromatic carbocycles. The highest BCUT2D eigenvalue weighted by Gasteiger charge is 2.07. The van der Waals surface area contributed by atoms with Gasteiger partial charge in [-0.3, -0.25) is 4.79 Å². The van der Waals surface area contributed by atoms with E-state index < -0.39 is 0 Å². The fourth-order valence-corrected chi connectivity index (χ4v) is 1.99. The number of aryl methyl sites for hydroxylation is 1. The maximum Gasteiger partial charge on any atom is 0.255 e. The van der Waals surface area contributed by atoms with Gasteiger partial charge in [0, 0.05) is 23.5 Å². The highest BCUT2D eigenvalue weighted by atomic mass is 16.1. The Morgan fingerprint density at radius 1 is 1.10 bits per heavy atom. The average Bonchev–Trinajstić information content (AvgIpc) is 2.47. The van der Waals surface area contributed by atoms with Gasteiger partial charge in [-0.15, -0.1) is 0 Å². The number of anilines is 2. The van der Waals surface area contributed by atoms with Crippen LogP contribution in [-0.4, -0.2) is 12.5 Å². The number of benzene rings is 2. The average molecular weight is 268 g/mol. The molecule has 0 aromatic heterocycles. The summed E-state index contributed by atoms with van der Waals surface area (Å²) in [7, 11) is 0. The van der Waals surface area contributed by atoms with Gasteiger partial charge in [0.1, 0.15) is 0 Å². The van der Waals surface area contributed by atoms with E-state index in [1.165, 1.54) is 0 Å². The van der Waals surface area contributed by atoms with Crippen LogP contribution in [-0.2, 0) is 0 Å². The third kappa shape index (κ3) is 3.60. The predicted molar refractivity (Wildman–Crippen MR) is 84.4 cm³/mol. The zero-order valence-electron chi connectivity index (χ0n) is 11.9. The van der Waals surface area contributed by atoms with E-state index in [0.717, 1.165) is 29.9 Å². The molecule has 2 aromatic rings. The van der Waals surface area contributed by atoms with Crippen LogP contribution in [0.2, 0.25) is 0 Å². The van der Waals surface area contributed by atoms with E-state index in [4.69, 9.17) is 0 Å². The number of carbonyl (C=O) groups excluding carboxylic acids is 1. The fraction of sp³-hybridized carbons (Fsp3) is 0.235. The molecule has 3 nitrogen and oxygen atoms in total. The lowest BCUT2D eigenvalue weighted by atomic mass is 10.1. The summed E-state index contributed by atoms with van der Waals surface area (Å²) < 4.78 is 0. The summed E-state index contributed by atoms with van der Waals surface area (Å²) in [6.45, 7) is 5.08. The Morgan fingerprint density at radius 3 is 2.50 bits per heavy atom. The molecule has 3 heteroatoms. The molecule has 0 fully saturated rings. The first kappa shape index (κ1) is 14.1. The maximum atomic E-state index is 12.2. The van der Waals surface area contributed by atoms with Crippen LogP contribution in [0.25, 0.3) is 0 Å². The molecule has 104 valence electrons. The monoisotopic (exact) mass is 268 g/mol. The summed E-state index contributed by atoms with van der Waals surface area (Å²) >= 11 is 0. The Hall–Kier alpha value is -2.29. The smallest absolute Gasteiger partial charge is 0.255 e. The van der Waals surface area contributed by atoms with Gasteiger partial charge in [-0.2, -0.15) is 0 Å². The minimum absolute atomic E-state index is 0.0821. The van der Waals surface area contributed by atoms with E-state index in [0.29, 0.717) is 5.56 Å². The van der Waals surface area contributed by atoms with Gasteiger partial charge in [0.2, 0.25) is 0 Å². The fourth-order valence-electron chi connectivity index (χ4n) is 1.99. The summed E-state index contributed by atoms with van der Waals surface area (Å²) in [5, 5.41) is 6.24. The number of hydrogen-bond acceptors (Lipinski definition) is 2. The molecular weight excluding hydrogens is 248 g/mol. The Balaban J connectivity index is 2.09. The van der Waals surface area contributed by atoms with Gasteiger partial charge in [-0.1, -0.05) is 25.1 Å². The molecule has 0 aliphatic carbocycles. The van der Waals surface area contributed by atoms with Crippen LogP contribution in [0.5, 0.6) is 0 Å². The minimum Gasteiger partial charge on any atom is -0.385 e. The first-order chi connectivity index (χ1) is 9.70. The largest absolute Gasteiger partial charge is 0.385 e. The topological polar surface area (TPSA) is 41.1 Å². The second-order valence-electron chi connectivity index (χ2n) is 4.78. The second-order valence-corrected chi connectivity index (χ2v) is 4.78. The van der Waals surface area contributed by atoms with E-state index in [2.05, 4.69) is 17.6 Å². The van der Waals surface area contributed by atoms with Crippen LogP contribution in [0, 0.1) is 6.92 Å². The lowest BCUT2D eigenvalue weighted by Crippen LogP contribution is -2.12. The number of carbonyl (C=O) groups is 1. The molecular formula is C17H20N2O. The van der Waals surface area contributed by atoms with Gasteiger partial charge in [0.25, 0.3) is 5.91 Å². The van der Waals surface area contributed by atoms with Crippen LogP contribution < -0.4 is 10.6 Å². The predicted octanol–water partition coefficient (Wildman–Crippen LogP) is 4.07. The number of rotatable bonds is 5. The summed E-state index contributed by atoms with van der Waals surface area (Å²) in [6.07, 6.45) is 1.08. The Kier molecular flexibility index (Phi) is 4.77. The summed E-state index contributed by atoms with van der Waals surface area (Å²) in [5.41, 5.74) is 3.65. The Labute approximate surface area is 120 Å². The van der Waals surface area contributed by atoms with E-state index >= 15 is 0 Å². The summed E-state index contributed by atoms with van der Waals surface area (Å²) in [5.74, 6) is -0.0821. The van der Waals surface area contributed by atoms with Gasteiger partial charge in [-0.05, 0) is 49.2 Å². The van der Waals surface area contributed by atoms with Gasteiger partial charge in [0.05, 0.1) is 0 Å². The molecule has 0 heterocycles. The zero-order chi connectivity index (χ0) is 14.4. The second kappa shape index (κ2) is 6.75. The Morgan fingerprint density at radius 2 is 1.85 bits per heavy atom. The summed E-state index contributed by atoms with van der Waals surface area (Å²) in [4.78, 5) is 12.2. The van der Waals surface area contributed by atoms with Crippen LogP contribution in [0.15, 0.2) is 48.5 Å². The Bertz CT molecular complexity index is 579. The molecule has 0 radical (unpaired) electrons. The number of nitrogens with one attached hydrogen (secondary N) is 2. The third-order valence-electron chi connectivity index (χ3n) is 3.09. The molecule has 0 saturated heterocycles. The van der Waals surface area contributed by atoms with E-state index in [-0.39, 0.29) is 5.91 Å². The third-order valence-corrected chi connectivity index (χ3v) is 3.09. The highest BCUT2D eigenvalue weighted by Crippen LogP contribution is 2.17. The first-order valence-electron chi connectivity index (χ1n) is 6.91. The van der Waals surface area contributed by atoms with Crippen LogP contribution in [0.4, 0.5) is 11.4 Å². The molecule has 0 unspecified atom stereocenters. The van der Waals surface area contributed by atoms with Crippen LogP contribution in [0.3, 0.4) is 0 Å². The van der Waals surface area contributed by atoms with Crippen LogP contribution in [0.1, 0.15) is 29.3 Å². The highest BCUT2D eigenvalue weighted by molar-refractivity contribution is 6.04. The van der Waals surface area contributed by atoms with E-state index in [9.17, 15) is 4.79 Å². The number of amides is 1. The van der Waals surface area contributed by atoms with Crippen molar-refractivity contribution in [3.63, 3.8) is 0 Å². The quantitative estimate of drug-likeness (QED) is 0.858. The molecule has 2 N–H and O–H groups in total. The molecule has 2 rings (SSSR count). The van der Waals surface area contributed by atoms with Crippen molar-refractivity contribution >= 4 is 17.3 Å². The summed E-state index contributed by atoms with van der Waals surface area (Å²) in [6, 6.07) is 15.2. The number of para-hydroxylation sites is 1. The van der Waals surface area contributed by atoms with Gasteiger partial charge >= 0.3 is 0 Å². The molecule has 0 atom stereocenters. The first-order valence-corrected chi connectivity index (χ1v) is 6.91. The van der Waals surface area contributed by atoms with Crippen LogP contribution >= 0.6 is 0 Å². The van der Waals surface area contributed by atoms with Crippen molar-refractivity contribution in [3.05, 3.63) is 59.7 Å². The van der Waals surface area contributed by atoms with Gasteiger partial charge in [0.15, 0.2) is 0 Å². The van der Waals surface area contributed by atoms with E-state index in [1.807, 2.05) is 55.5 Å². The van der Waals surface area contributed by atoms with Gasteiger partial charge < -0.3 is 10.6 Å². The van der Waals surface area contributed by atoms with Crippen molar-refractivity contribution in [2.24, 2.45) is 0 Å². The molecule has 0 spiro atoms. The van der Waals surface area contributed by atoms with Crippen molar-refractivity contribution in [1.29, 1.82) is 0 Å². The normalized spacial score (nSPS) is 10.1. The lowest BCUT2D eigenvalue weighted by Gasteiger charge is -2.10. The SMILES string of the molecule is CCCNc1ccc(C(=O)Nc2ccccc2)cc1C. The van der Waals surface area contributed by atoms with Crippen molar-refractivity contribution < 1.29 is 4.79 Å². The standard InChI is InChI=1S/C17H20N2O/c1-3-11-18-16-10-9-14(12-13(16)2)17(20)19-15-7-5-4-6-8-15/h4-10,12,18H,3,11H2,1-2H3,(H,19,20). The van der Waals surface area contributed by atoms with Crippen molar-refractivity contribution in [2.75, 3.05) is 17.2 Å². The lowest BCUT2D eigenvalue weighted by molar-refractivity contribution is 0.102. The van der Waals surface area contributed by atoms with Crippen molar-refractivity contribution in [1.82, 2.24) is 0 Å². The van der Waals surface area contributed by atoms with E-state index in [1.54, 1.807) is 0 Å². The van der Waals surface area contributed by atoms with Crippen molar-refractivity contribution in [3.8, 4) is 0 Å². The van der Waals surface area contributed by atoms with Gasteiger partial charge in [-0.25, -0.2) is 0 Å². The molecule has 0 aliphatic rings. The molecule has 0 bridgehead atoms. The van der Waals surface area contributed by atoms with Crippen molar-refractivity contribution in [2.45, 2.75) is 20.3 Å². The number of hydrogen-bond donors (Lipinski definition) is 2.